The van der Waals surface area contributed by atoms with E-state index in [9.17, 15) is 9.18 Å². The van der Waals surface area contributed by atoms with Crippen LogP contribution in [-0.2, 0) is 4.74 Å². The van der Waals surface area contributed by atoms with Gasteiger partial charge >= 0.3 is 0 Å². The molecule has 0 unspecified atom stereocenters. The summed E-state index contributed by atoms with van der Waals surface area (Å²) < 4.78 is 19.6. The standard InChI is InChI=1S/C21H19FO2/c1-2-21-13-12-17(24-21)18(20(23)15-6-4-3-5-7-15)19(21)14-8-10-16(22)11-9-14/h3-13,17-19H,2H2,1H3/t17-,18-,19+,21+/m1/s1. The van der Waals surface area contributed by atoms with Gasteiger partial charge in [0.15, 0.2) is 5.78 Å². The Hall–Kier alpha value is -2.26. The molecule has 2 heterocycles. The van der Waals surface area contributed by atoms with Gasteiger partial charge in [0.05, 0.1) is 17.6 Å². The molecule has 2 nitrogen and oxygen atoms in total. The van der Waals surface area contributed by atoms with Crippen LogP contribution in [-0.4, -0.2) is 17.5 Å². The van der Waals surface area contributed by atoms with E-state index in [4.69, 9.17) is 4.74 Å². The molecule has 122 valence electrons. The van der Waals surface area contributed by atoms with Gasteiger partial charge in [-0.2, -0.15) is 0 Å². The van der Waals surface area contributed by atoms with Gasteiger partial charge in [0, 0.05) is 11.5 Å². The highest BCUT2D eigenvalue weighted by Gasteiger charge is 2.58. The minimum atomic E-state index is -0.475. The van der Waals surface area contributed by atoms with Crippen molar-refractivity contribution >= 4 is 5.78 Å². The predicted octanol–water partition coefficient (Wildman–Crippen LogP) is 4.53. The van der Waals surface area contributed by atoms with Crippen LogP contribution in [0.25, 0.3) is 0 Å². The molecule has 24 heavy (non-hydrogen) atoms. The Kier molecular flexibility index (Phi) is 3.61. The number of ether oxygens (including phenoxy) is 1. The van der Waals surface area contributed by atoms with E-state index in [0.717, 1.165) is 12.0 Å². The van der Waals surface area contributed by atoms with Crippen molar-refractivity contribution in [2.24, 2.45) is 5.92 Å². The molecule has 2 aliphatic heterocycles. The molecule has 2 aromatic rings. The molecule has 0 N–H and O–H groups in total. The molecule has 1 fully saturated rings. The molecule has 0 saturated carbocycles. The minimum absolute atomic E-state index is 0.0918. The Balaban J connectivity index is 1.79. The first-order chi connectivity index (χ1) is 11.6. The first kappa shape index (κ1) is 15.3. The van der Waals surface area contributed by atoms with Crippen molar-refractivity contribution in [2.45, 2.75) is 31.0 Å². The molecule has 2 aromatic carbocycles. The molecule has 0 spiro atoms. The summed E-state index contributed by atoms with van der Waals surface area (Å²) in [7, 11) is 0. The van der Waals surface area contributed by atoms with Crippen molar-refractivity contribution in [3.05, 3.63) is 83.7 Å². The van der Waals surface area contributed by atoms with Gasteiger partial charge in [0.25, 0.3) is 0 Å². The second kappa shape index (κ2) is 5.67. The van der Waals surface area contributed by atoms with Gasteiger partial charge < -0.3 is 4.74 Å². The van der Waals surface area contributed by atoms with E-state index in [1.54, 1.807) is 12.1 Å². The van der Waals surface area contributed by atoms with Crippen LogP contribution in [0.1, 0.15) is 35.2 Å². The smallest absolute Gasteiger partial charge is 0.169 e. The Bertz CT molecular complexity index is 781. The molecule has 0 aromatic heterocycles. The number of benzene rings is 2. The van der Waals surface area contributed by atoms with Gasteiger partial charge in [-0.25, -0.2) is 4.39 Å². The average molecular weight is 322 g/mol. The monoisotopic (exact) mass is 322 g/mol. The van der Waals surface area contributed by atoms with Gasteiger partial charge in [-0.3, -0.25) is 4.79 Å². The lowest BCUT2D eigenvalue weighted by molar-refractivity contribution is 0.0200. The topological polar surface area (TPSA) is 26.3 Å². The molecule has 0 radical (unpaired) electrons. The lowest BCUT2D eigenvalue weighted by atomic mass is 9.68. The number of carbonyl (C=O) groups is 1. The number of hydrogen-bond donors (Lipinski definition) is 0. The lowest BCUT2D eigenvalue weighted by Gasteiger charge is -2.33. The van der Waals surface area contributed by atoms with Crippen LogP contribution in [0.15, 0.2) is 66.7 Å². The van der Waals surface area contributed by atoms with Crippen LogP contribution in [0.3, 0.4) is 0 Å². The van der Waals surface area contributed by atoms with Crippen molar-refractivity contribution in [3.63, 3.8) is 0 Å². The Morgan fingerprint density at radius 2 is 1.83 bits per heavy atom. The lowest BCUT2D eigenvalue weighted by Crippen LogP contribution is -2.36. The largest absolute Gasteiger partial charge is 0.362 e. The Labute approximate surface area is 141 Å². The highest BCUT2D eigenvalue weighted by molar-refractivity contribution is 5.99. The third-order valence-corrected chi connectivity index (χ3v) is 5.31. The van der Waals surface area contributed by atoms with E-state index >= 15 is 0 Å². The molecule has 4 rings (SSSR count). The number of hydrogen-bond acceptors (Lipinski definition) is 2. The maximum absolute atomic E-state index is 13.3. The zero-order valence-electron chi connectivity index (χ0n) is 13.5. The first-order valence-electron chi connectivity index (χ1n) is 8.36. The predicted molar refractivity (Wildman–Crippen MR) is 90.4 cm³/mol. The average Bonchev–Trinajstić information content (AvgIpc) is 3.19. The van der Waals surface area contributed by atoms with Gasteiger partial charge in [0.1, 0.15) is 5.82 Å². The number of carbonyl (C=O) groups excluding carboxylic acids is 1. The third kappa shape index (κ3) is 2.23. The zero-order chi connectivity index (χ0) is 16.7. The first-order valence-corrected chi connectivity index (χ1v) is 8.36. The molecule has 2 aliphatic rings. The van der Waals surface area contributed by atoms with Crippen LogP contribution in [0.5, 0.6) is 0 Å². The third-order valence-electron chi connectivity index (χ3n) is 5.31. The van der Waals surface area contributed by atoms with E-state index < -0.39 is 5.60 Å². The molecule has 2 bridgehead atoms. The van der Waals surface area contributed by atoms with Gasteiger partial charge in [0.2, 0.25) is 0 Å². The number of rotatable bonds is 4. The maximum atomic E-state index is 13.3. The highest BCUT2D eigenvalue weighted by atomic mass is 19.1. The SMILES string of the molecule is CC[C@@]12C=C[C@@H](O1)[C@@H](C(=O)c1ccccc1)[C@@H]2c1ccc(F)cc1. The van der Waals surface area contributed by atoms with Crippen LogP contribution in [0, 0.1) is 11.7 Å². The summed E-state index contributed by atoms with van der Waals surface area (Å²) in [6.45, 7) is 2.07. The fourth-order valence-electron chi connectivity index (χ4n) is 4.13. The van der Waals surface area contributed by atoms with Gasteiger partial charge in [-0.15, -0.1) is 0 Å². The van der Waals surface area contributed by atoms with Crippen molar-refractivity contribution < 1.29 is 13.9 Å². The second-order valence-electron chi connectivity index (χ2n) is 6.54. The van der Waals surface area contributed by atoms with E-state index in [2.05, 4.69) is 13.0 Å². The Morgan fingerprint density at radius 3 is 2.50 bits per heavy atom. The van der Waals surface area contributed by atoms with Crippen molar-refractivity contribution in [3.8, 4) is 0 Å². The molecule has 4 atom stereocenters. The fraction of sp³-hybridized carbons (Fsp3) is 0.286. The number of ketones is 1. The van der Waals surface area contributed by atoms with Crippen LogP contribution < -0.4 is 0 Å². The van der Waals surface area contributed by atoms with E-state index in [1.807, 2.05) is 36.4 Å². The van der Waals surface area contributed by atoms with Crippen molar-refractivity contribution in [1.82, 2.24) is 0 Å². The number of halogens is 1. The van der Waals surface area contributed by atoms with Crippen LogP contribution in [0.2, 0.25) is 0 Å². The summed E-state index contributed by atoms with van der Waals surface area (Å²) >= 11 is 0. The van der Waals surface area contributed by atoms with Gasteiger partial charge in [-0.1, -0.05) is 61.5 Å². The van der Waals surface area contributed by atoms with E-state index in [1.165, 1.54) is 12.1 Å². The number of Topliss-reactive ketones (excluding diaryl/α,β-unsaturated/α-hetero) is 1. The van der Waals surface area contributed by atoms with E-state index in [-0.39, 0.29) is 29.5 Å². The zero-order valence-corrected chi connectivity index (χ0v) is 13.5. The van der Waals surface area contributed by atoms with Crippen molar-refractivity contribution in [2.75, 3.05) is 0 Å². The molecule has 0 amide bonds. The summed E-state index contributed by atoms with van der Waals surface area (Å²) in [5.41, 5.74) is 1.18. The normalized spacial score (nSPS) is 30.7. The van der Waals surface area contributed by atoms with Crippen LogP contribution in [0.4, 0.5) is 4.39 Å². The summed E-state index contributed by atoms with van der Waals surface area (Å²) in [6, 6.07) is 15.8. The van der Waals surface area contributed by atoms with Gasteiger partial charge in [-0.05, 0) is 24.1 Å². The Morgan fingerprint density at radius 1 is 1.12 bits per heavy atom. The summed E-state index contributed by atoms with van der Waals surface area (Å²) in [6.07, 6.45) is 4.66. The molecule has 0 aliphatic carbocycles. The maximum Gasteiger partial charge on any atom is 0.169 e. The van der Waals surface area contributed by atoms with Crippen molar-refractivity contribution in [1.29, 1.82) is 0 Å². The fourth-order valence-corrected chi connectivity index (χ4v) is 4.13. The second-order valence-corrected chi connectivity index (χ2v) is 6.54. The summed E-state index contributed by atoms with van der Waals surface area (Å²) in [5, 5.41) is 0. The number of fused-ring (bicyclic) bond motifs is 2. The molecule has 3 heteroatoms. The molecular formula is C21H19FO2. The van der Waals surface area contributed by atoms with Crippen LogP contribution >= 0.6 is 0 Å². The van der Waals surface area contributed by atoms with E-state index in [0.29, 0.717) is 5.56 Å². The summed E-state index contributed by atoms with van der Waals surface area (Å²) in [4.78, 5) is 13.2. The minimum Gasteiger partial charge on any atom is -0.362 e. The summed E-state index contributed by atoms with van der Waals surface area (Å²) in [5.74, 6) is -0.543. The highest BCUT2D eigenvalue weighted by Crippen LogP contribution is 2.54. The molecular weight excluding hydrogens is 303 g/mol. The molecule has 1 saturated heterocycles. The quantitative estimate of drug-likeness (QED) is 0.611.